The van der Waals surface area contributed by atoms with E-state index in [0.717, 1.165) is 0 Å². The Bertz CT molecular complexity index is 802. The second kappa shape index (κ2) is 7.03. The molecule has 0 aliphatic heterocycles. The summed E-state index contributed by atoms with van der Waals surface area (Å²) in [6.07, 6.45) is 0. The second-order valence-electron chi connectivity index (χ2n) is 4.63. The highest BCUT2D eigenvalue weighted by atomic mass is 32.2. The molecular weight excluding hydrogens is 318 g/mol. The van der Waals surface area contributed by atoms with Crippen molar-refractivity contribution >= 4 is 27.5 Å². The molecule has 120 valence electrons. The van der Waals surface area contributed by atoms with E-state index in [1.807, 2.05) is 0 Å². The quantitative estimate of drug-likeness (QED) is 0.721. The maximum Gasteiger partial charge on any atom is 0.248 e. The van der Waals surface area contributed by atoms with Crippen molar-refractivity contribution in [2.45, 2.75) is 4.90 Å². The van der Waals surface area contributed by atoms with E-state index in [1.165, 1.54) is 36.4 Å². The average Bonchev–Trinajstić information content (AvgIpc) is 2.54. The topological polar surface area (TPSA) is 118 Å². The Labute approximate surface area is 133 Å². The Morgan fingerprint density at radius 3 is 2.13 bits per heavy atom. The van der Waals surface area contributed by atoms with Crippen LogP contribution in [-0.4, -0.2) is 26.8 Å². The first kappa shape index (κ1) is 16.7. The van der Waals surface area contributed by atoms with Gasteiger partial charge in [-0.3, -0.25) is 9.59 Å². The van der Waals surface area contributed by atoms with Gasteiger partial charge in [0.25, 0.3) is 0 Å². The first-order valence-corrected chi connectivity index (χ1v) is 8.11. The fraction of sp³-hybridized carbons (Fsp3) is 0.0667. The van der Waals surface area contributed by atoms with Gasteiger partial charge >= 0.3 is 0 Å². The van der Waals surface area contributed by atoms with Gasteiger partial charge in [-0.05, 0) is 36.4 Å². The Hall–Kier alpha value is -2.71. The van der Waals surface area contributed by atoms with Crippen molar-refractivity contribution in [1.82, 2.24) is 4.72 Å². The first-order valence-electron chi connectivity index (χ1n) is 6.63. The summed E-state index contributed by atoms with van der Waals surface area (Å²) in [6.45, 7) is -0.408. The van der Waals surface area contributed by atoms with Crippen LogP contribution >= 0.6 is 0 Å². The molecule has 0 saturated carbocycles. The SMILES string of the molecule is NC(=O)c1ccc(NC(=O)CNS(=O)(=O)c2ccccc2)cc1. The number of hydrogen-bond donors (Lipinski definition) is 3. The normalized spacial score (nSPS) is 11.0. The van der Waals surface area contributed by atoms with Gasteiger partial charge in [0.15, 0.2) is 0 Å². The van der Waals surface area contributed by atoms with Gasteiger partial charge in [0.2, 0.25) is 21.8 Å². The predicted molar refractivity (Wildman–Crippen MR) is 85.2 cm³/mol. The molecule has 7 nitrogen and oxygen atoms in total. The van der Waals surface area contributed by atoms with E-state index in [1.54, 1.807) is 18.2 Å². The number of carbonyl (C=O) groups is 2. The number of nitrogens with one attached hydrogen (secondary N) is 2. The number of amides is 2. The van der Waals surface area contributed by atoms with Crippen molar-refractivity contribution in [2.75, 3.05) is 11.9 Å². The number of carbonyl (C=O) groups excluding carboxylic acids is 2. The highest BCUT2D eigenvalue weighted by Crippen LogP contribution is 2.09. The zero-order chi connectivity index (χ0) is 16.9. The minimum atomic E-state index is -3.74. The van der Waals surface area contributed by atoms with Crippen LogP contribution in [0.25, 0.3) is 0 Å². The van der Waals surface area contributed by atoms with Crippen LogP contribution in [0.1, 0.15) is 10.4 Å². The molecule has 0 aromatic heterocycles. The largest absolute Gasteiger partial charge is 0.366 e. The number of primary amides is 1. The third kappa shape index (κ3) is 4.63. The summed E-state index contributed by atoms with van der Waals surface area (Å²) in [5.41, 5.74) is 5.86. The Kier molecular flexibility index (Phi) is 5.09. The summed E-state index contributed by atoms with van der Waals surface area (Å²) in [5, 5.41) is 2.51. The zero-order valence-electron chi connectivity index (χ0n) is 12.0. The molecule has 2 rings (SSSR count). The number of anilines is 1. The van der Waals surface area contributed by atoms with Crippen molar-refractivity contribution in [2.24, 2.45) is 5.73 Å². The summed E-state index contributed by atoms with van der Waals surface area (Å²) < 4.78 is 26.1. The van der Waals surface area contributed by atoms with Crippen molar-refractivity contribution in [3.05, 3.63) is 60.2 Å². The summed E-state index contributed by atoms with van der Waals surface area (Å²) in [5.74, 6) is -1.10. The van der Waals surface area contributed by atoms with Crippen LogP contribution < -0.4 is 15.8 Å². The minimum absolute atomic E-state index is 0.0820. The van der Waals surface area contributed by atoms with Crippen LogP contribution in [0, 0.1) is 0 Å². The van der Waals surface area contributed by atoms with Crippen molar-refractivity contribution in [1.29, 1.82) is 0 Å². The third-order valence-corrected chi connectivity index (χ3v) is 4.35. The van der Waals surface area contributed by atoms with Gasteiger partial charge in [0, 0.05) is 11.3 Å². The number of sulfonamides is 1. The molecule has 2 aromatic rings. The lowest BCUT2D eigenvalue weighted by atomic mass is 10.2. The number of hydrogen-bond acceptors (Lipinski definition) is 4. The van der Waals surface area contributed by atoms with E-state index in [9.17, 15) is 18.0 Å². The van der Waals surface area contributed by atoms with Gasteiger partial charge in [-0.15, -0.1) is 0 Å². The van der Waals surface area contributed by atoms with Crippen LogP contribution in [0.3, 0.4) is 0 Å². The van der Waals surface area contributed by atoms with E-state index in [0.29, 0.717) is 11.3 Å². The van der Waals surface area contributed by atoms with Crippen LogP contribution in [0.5, 0.6) is 0 Å². The standard InChI is InChI=1S/C15H15N3O4S/c16-15(20)11-6-8-12(9-7-11)18-14(19)10-17-23(21,22)13-4-2-1-3-5-13/h1-9,17H,10H2,(H2,16,20)(H,18,19). The molecule has 23 heavy (non-hydrogen) atoms. The lowest BCUT2D eigenvalue weighted by molar-refractivity contribution is -0.115. The lowest BCUT2D eigenvalue weighted by Gasteiger charge is -2.08. The molecule has 2 aromatic carbocycles. The van der Waals surface area contributed by atoms with Gasteiger partial charge in [-0.25, -0.2) is 13.1 Å². The van der Waals surface area contributed by atoms with E-state index in [-0.39, 0.29) is 4.90 Å². The molecule has 0 atom stereocenters. The van der Waals surface area contributed by atoms with Crippen molar-refractivity contribution in [3.8, 4) is 0 Å². The van der Waals surface area contributed by atoms with Crippen molar-refractivity contribution < 1.29 is 18.0 Å². The first-order chi connectivity index (χ1) is 10.9. The molecule has 8 heteroatoms. The number of nitrogens with two attached hydrogens (primary N) is 1. The maximum atomic E-state index is 12.0. The molecule has 0 radical (unpaired) electrons. The van der Waals surface area contributed by atoms with Gasteiger partial charge in [-0.1, -0.05) is 18.2 Å². The van der Waals surface area contributed by atoms with Crippen LogP contribution in [0.4, 0.5) is 5.69 Å². The third-order valence-electron chi connectivity index (χ3n) is 2.93. The molecule has 0 aliphatic rings. The Morgan fingerprint density at radius 2 is 1.57 bits per heavy atom. The van der Waals surface area contributed by atoms with Gasteiger partial charge < -0.3 is 11.1 Å². The summed E-state index contributed by atoms with van der Waals surface area (Å²) in [4.78, 5) is 22.8. The zero-order valence-corrected chi connectivity index (χ0v) is 12.8. The number of rotatable bonds is 6. The molecule has 2 amide bonds. The predicted octanol–water partition coefficient (Wildman–Crippen LogP) is 0.702. The smallest absolute Gasteiger partial charge is 0.248 e. The molecular formula is C15H15N3O4S. The maximum absolute atomic E-state index is 12.0. The van der Waals surface area contributed by atoms with Gasteiger partial charge in [-0.2, -0.15) is 0 Å². The molecule has 0 aliphatic carbocycles. The van der Waals surface area contributed by atoms with Gasteiger partial charge in [0.1, 0.15) is 0 Å². The average molecular weight is 333 g/mol. The minimum Gasteiger partial charge on any atom is -0.366 e. The van der Waals surface area contributed by atoms with Crippen LogP contribution in [-0.2, 0) is 14.8 Å². The van der Waals surface area contributed by atoms with Crippen LogP contribution in [0.2, 0.25) is 0 Å². The summed E-state index contributed by atoms with van der Waals surface area (Å²) in [6, 6.07) is 13.7. The molecule has 0 heterocycles. The van der Waals surface area contributed by atoms with E-state index < -0.39 is 28.4 Å². The molecule has 0 bridgehead atoms. The lowest BCUT2D eigenvalue weighted by Crippen LogP contribution is -2.32. The van der Waals surface area contributed by atoms with Crippen molar-refractivity contribution in [3.63, 3.8) is 0 Å². The Balaban J connectivity index is 1.94. The molecule has 4 N–H and O–H groups in total. The molecule has 0 unspecified atom stereocenters. The van der Waals surface area contributed by atoms with E-state index in [2.05, 4.69) is 10.0 Å². The fourth-order valence-electron chi connectivity index (χ4n) is 1.77. The summed E-state index contributed by atoms with van der Waals surface area (Å²) >= 11 is 0. The second-order valence-corrected chi connectivity index (χ2v) is 6.39. The molecule has 0 spiro atoms. The molecule has 0 saturated heterocycles. The van der Waals surface area contributed by atoms with Crippen LogP contribution in [0.15, 0.2) is 59.5 Å². The van der Waals surface area contributed by atoms with Gasteiger partial charge in [0.05, 0.1) is 11.4 Å². The highest BCUT2D eigenvalue weighted by Gasteiger charge is 2.14. The fourth-order valence-corrected chi connectivity index (χ4v) is 2.77. The van der Waals surface area contributed by atoms with E-state index >= 15 is 0 Å². The molecule has 0 fully saturated rings. The summed E-state index contributed by atoms with van der Waals surface area (Å²) in [7, 11) is -3.74. The van der Waals surface area contributed by atoms with E-state index in [4.69, 9.17) is 5.73 Å². The Morgan fingerprint density at radius 1 is 0.957 bits per heavy atom. The monoisotopic (exact) mass is 333 g/mol. The number of benzene rings is 2. The highest BCUT2D eigenvalue weighted by molar-refractivity contribution is 7.89.